The van der Waals surface area contributed by atoms with Gasteiger partial charge >= 0.3 is 0 Å². The molecule has 3 N–H and O–H groups in total. The summed E-state index contributed by atoms with van der Waals surface area (Å²) in [4.78, 5) is 4.64. The molecule has 0 amide bonds. The highest BCUT2D eigenvalue weighted by molar-refractivity contribution is 8.00. The molecule has 1 aliphatic heterocycles. The van der Waals surface area contributed by atoms with Crippen LogP contribution in [-0.2, 0) is 0 Å². The number of guanidine groups is 1. The molecule has 0 aromatic heterocycles. The van der Waals surface area contributed by atoms with Crippen molar-refractivity contribution in [2.24, 2.45) is 4.99 Å². The van der Waals surface area contributed by atoms with E-state index in [4.69, 9.17) is 0 Å². The van der Waals surface area contributed by atoms with Gasteiger partial charge in [-0.25, -0.2) is 0 Å². The Balaban J connectivity index is 1.86. The monoisotopic (exact) mass is 313 g/mol. The molecule has 1 atom stereocenters. The number of rotatable bonds is 5. The van der Waals surface area contributed by atoms with E-state index in [1.807, 2.05) is 0 Å². The maximum atomic E-state index is 10.6. The minimum absolute atomic E-state index is 0.331. The first-order valence-corrected chi connectivity index (χ1v) is 9.42. The summed E-state index contributed by atoms with van der Waals surface area (Å²) in [7, 11) is 0. The Kier molecular flexibility index (Phi) is 6.23. The van der Waals surface area contributed by atoms with Gasteiger partial charge in [0.05, 0.1) is 12.1 Å². The van der Waals surface area contributed by atoms with E-state index in [-0.39, 0.29) is 0 Å². The van der Waals surface area contributed by atoms with Crippen molar-refractivity contribution >= 4 is 17.7 Å². The van der Waals surface area contributed by atoms with Crippen LogP contribution in [0, 0.1) is 0 Å². The van der Waals surface area contributed by atoms with Gasteiger partial charge in [-0.1, -0.05) is 19.3 Å². The molecule has 5 heteroatoms. The van der Waals surface area contributed by atoms with E-state index in [9.17, 15) is 5.11 Å². The first-order chi connectivity index (χ1) is 10.1. The van der Waals surface area contributed by atoms with E-state index in [1.54, 1.807) is 0 Å². The molecule has 1 unspecified atom stereocenters. The number of hydrogen-bond acceptors (Lipinski definition) is 3. The largest absolute Gasteiger partial charge is 0.388 e. The quantitative estimate of drug-likeness (QED) is 0.539. The van der Waals surface area contributed by atoms with Gasteiger partial charge < -0.3 is 15.7 Å². The SMILES string of the molecule is CCNC(=NCC1(O)CCCCC1)NCC1(C)CCCS1. The highest BCUT2D eigenvalue weighted by Gasteiger charge is 2.30. The van der Waals surface area contributed by atoms with Crippen LogP contribution in [0.4, 0.5) is 0 Å². The zero-order chi connectivity index (χ0) is 15.2. The van der Waals surface area contributed by atoms with Crippen molar-refractivity contribution in [3.05, 3.63) is 0 Å². The normalized spacial score (nSPS) is 29.4. The highest BCUT2D eigenvalue weighted by Crippen LogP contribution is 2.36. The standard InChI is InChI=1S/C16H31N3OS/c1-3-17-14(18-12-15(2)8-7-11-21-15)19-13-16(20)9-5-4-6-10-16/h20H,3-13H2,1-2H3,(H2,17,18,19). The Hall–Kier alpha value is -0.420. The van der Waals surface area contributed by atoms with Crippen LogP contribution in [0.1, 0.15) is 58.8 Å². The lowest BCUT2D eigenvalue weighted by atomic mass is 9.85. The molecular weight excluding hydrogens is 282 g/mol. The predicted molar refractivity (Wildman–Crippen MR) is 92.1 cm³/mol. The first kappa shape index (κ1) is 16.9. The summed E-state index contributed by atoms with van der Waals surface area (Å²) in [6.45, 7) is 6.73. The Labute approximate surface area is 133 Å². The summed E-state index contributed by atoms with van der Waals surface area (Å²) in [6.07, 6.45) is 7.88. The van der Waals surface area contributed by atoms with Crippen LogP contribution in [0.25, 0.3) is 0 Å². The Bertz CT molecular complexity index is 347. The number of hydrogen-bond donors (Lipinski definition) is 3. The summed E-state index contributed by atoms with van der Waals surface area (Å²) < 4.78 is 0.331. The second-order valence-corrected chi connectivity index (χ2v) is 8.42. The third kappa shape index (κ3) is 5.37. The molecule has 2 fully saturated rings. The minimum Gasteiger partial charge on any atom is -0.388 e. The molecule has 2 rings (SSSR count). The maximum absolute atomic E-state index is 10.6. The first-order valence-electron chi connectivity index (χ1n) is 8.44. The second-order valence-electron chi connectivity index (χ2n) is 6.74. The number of aliphatic hydroxyl groups is 1. The summed E-state index contributed by atoms with van der Waals surface area (Å²) in [6, 6.07) is 0. The third-order valence-electron chi connectivity index (χ3n) is 4.59. The fourth-order valence-corrected chi connectivity index (χ4v) is 4.43. The van der Waals surface area contributed by atoms with Gasteiger partial charge in [0, 0.05) is 17.8 Å². The molecule has 1 aliphatic carbocycles. The number of thioether (sulfide) groups is 1. The molecule has 4 nitrogen and oxygen atoms in total. The van der Waals surface area contributed by atoms with E-state index in [2.05, 4.69) is 41.2 Å². The highest BCUT2D eigenvalue weighted by atomic mass is 32.2. The molecule has 0 bridgehead atoms. The van der Waals surface area contributed by atoms with E-state index < -0.39 is 5.60 Å². The van der Waals surface area contributed by atoms with Crippen LogP contribution < -0.4 is 10.6 Å². The summed E-state index contributed by atoms with van der Waals surface area (Å²) in [5, 5.41) is 17.3. The molecule has 0 radical (unpaired) electrons. The fourth-order valence-electron chi connectivity index (χ4n) is 3.18. The van der Waals surface area contributed by atoms with E-state index in [0.29, 0.717) is 11.3 Å². The summed E-state index contributed by atoms with van der Waals surface area (Å²) in [5.74, 6) is 2.12. The van der Waals surface area contributed by atoms with Crippen LogP contribution in [0.15, 0.2) is 4.99 Å². The van der Waals surface area contributed by atoms with Crippen molar-refractivity contribution < 1.29 is 5.11 Å². The van der Waals surface area contributed by atoms with Gasteiger partial charge in [0.1, 0.15) is 0 Å². The molecule has 21 heavy (non-hydrogen) atoms. The summed E-state index contributed by atoms with van der Waals surface area (Å²) in [5.41, 5.74) is -0.577. The number of nitrogens with one attached hydrogen (secondary N) is 2. The average Bonchev–Trinajstić information content (AvgIpc) is 2.90. The van der Waals surface area contributed by atoms with Crippen molar-refractivity contribution in [3.63, 3.8) is 0 Å². The zero-order valence-corrected chi connectivity index (χ0v) is 14.4. The smallest absolute Gasteiger partial charge is 0.191 e. The third-order valence-corrected chi connectivity index (χ3v) is 6.13. The minimum atomic E-state index is -0.577. The van der Waals surface area contributed by atoms with Crippen LogP contribution in [0.2, 0.25) is 0 Å². The lowest BCUT2D eigenvalue weighted by Crippen LogP contribution is -2.45. The number of aliphatic imine (C=N–C) groups is 1. The van der Waals surface area contributed by atoms with E-state index in [0.717, 1.165) is 44.7 Å². The molecule has 0 spiro atoms. The molecular formula is C16H31N3OS. The lowest BCUT2D eigenvalue weighted by Gasteiger charge is -2.31. The number of nitrogens with zero attached hydrogens (tertiary/aromatic N) is 1. The van der Waals surface area contributed by atoms with E-state index >= 15 is 0 Å². The molecule has 1 saturated carbocycles. The second kappa shape index (κ2) is 7.73. The van der Waals surface area contributed by atoms with Crippen molar-refractivity contribution in [3.8, 4) is 0 Å². The zero-order valence-electron chi connectivity index (χ0n) is 13.6. The van der Waals surface area contributed by atoms with Gasteiger partial charge in [0.2, 0.25) is 0 Å². The Morgan fingerprint density at radius 2 is 1.90 bits per heavy atom. The summed E-state index contributed by atoms with van der Waals surface area (Å²) >= 11 is 2.06. The van der Waals surface area contributed by atoms with Gasteiger partial charge in [-0.3, -0.25) is 4.99 Å². The lowest BCUT2D eigenvalue weighted by molar-refractivity contribution is 0.0131. The van der Waals surface area contributed by atoms with Crippen molar-refractivity contribution in [2.75, 3.05) is 25.4 Å². The van der Waals surface area contributed by atoms with E-state index in [1.165, 1.54) is 25.0 Å². The molecule has 0 aromatic rings. The van der Waals surface area contributed by atoms with Crippen molar-refractivity contribution in [1.82, 2.24) is 10.6 Å². The molecule has 122 valence electrons. The van der Waals surface area contributed by atoms with Crippen LogP contribution in [0.5, 0.6) is 0 Å². The van der Waals surface area contributed by atoms with Gasteiger partial charge in [0.25, 0.3) is 0 Å². The van der Waals surface area contributed by atoms with Gasteiger partial charge in [-0.2, -0.15) is 11.8 Å². The topological polar surface area (TPSA) is 56.7 Å². The Morgan fingerprint density at radius 3 is 2.52 bits per heavy atom. The molecule has 0 aromatic carbocycles. The van der Waals surface area contributed by atoms with Crippen molar-refractivity contribution in [2.45, 2.75) is 69.1 Å². The molecule has 1 saturated heterocycles. The fraction of sp³-hybridized carbons (Fsp3) is 0.938. The van der Waals surface area contributed by atoms with Crippen LogP contribution >= 0.6 is 11.8 Å². The average molecular weight is 314 g/mol. The van der Waals surface area contributed by atoms with Crippen molar-refractivity contribution in [1.29, 1.82) is 0 Å². The molecule has 1 heterocycles. The van der Waals surface area contributed by atoms with Gasteiger partial charge in [-0.05, 0) is 45.3 Å². The van der Waals surface area contributed by atoms with Crippen LogP contribution in [-0.4, -0.2) is 46.8 Å². The molecule has 2 aliphatic rings. The Morgan fingerprint density at radius 1 is 1.14 bits per heavy atom. The predicted octanol–water partition coefficient (Wildman–Crippen LogP) is 2.52. The maximum Gasteiger partial charge on any atom is 0.191 e. The van der Waals surface area contributed by atoms with Gasteiger partial charge in [0.15, 0.2) is 5.96 Å². The van der Waals surface area contributed by atoms with Gasteiger partial charge in [-0.15, -0.1) is 0 Å². The van der Waals surface area contributed by atoms with Crippen LogP contribution in [0.3, 0.4) is 0 Å².